The molecule has 4 aromatic carbocycles. The molecule has 194 valence electrons. The number of H-pyrrole nitrogens is 2. The number of nitrogens with zero attached hydrogens (tertiary/aromatic N) is 2. The Morgan fingerprint density at radius 1 is 0.650 bits per heavy atom. The maximum Gasteiger partial charge on any atom is 0.123 e. The number of hydrogen-bond donors (Lipinski definition) is 3. The van der Waals surface area contributed by atoms with Gasteiger partial charge in [-0.15, -0.1) is 0 Å². The summed E-state index contributed by atoms with van der Waals surface area (Å²) in [7, 11) is 0. The Morgan fingerprint density at radius 3 is 2.35 bits per heavy atom. The van der Waals surface area contributed by atoms with E-state index in [-0.39, 0.29) is 5.82 Å². The van der Waals surface area contributed by atoms with Gasteiger partial charge >= 0.3 is 0 Å². The van der Waals surface area contributed by atoms with Gasteiger partial charge in [-0.2, -0.15) is 5.10 Å². The van der Waals surface area contributed by atoms with Crippen molar-refractivity contribution in [1.82, 2.24) is 25.5 Å². The van der Waals surface area contributed by atoms with E-state index in [1.165, 1.54) is 17.7 Å². The largest absolute Gasteiger partial charge is 0.353 e. The molecule has 0 aliphatic rings. The lowest BCUT2D eigenvalue weighted by atomic mass is 10.0. The standard InChI is InChI=1S/C34H26FN5/c35-27-12-9-24(10-13-27)28-7-4-8-31-29(28)17-33(38-31)34-30-16-25(11-14-32(30)39-40-34)26-15-23(20-37-21-26)19-36-18-22-5-2-1-3-6-22/h1-17,20-21,36,38H,18-19H2,(H,39,40). The molecule has 7 rings (SSSR count). The van der Waals surface area contributed by atoms with Crippen molar-refractivity contribution in [3.8, 4) is 33.6 Å². The van der Waals surface area contributed by atoms with Gasteiger partial charge in [-0.3, -0.25) is 10.1 Å². The van der Waals surface area contributed by atoms with Gasteiger partial charge < -0.3 is 10.3 Å². The summed E-state index contributed by atoms with van der Waals surface area (Å²) in [4.78, 5) is 8.05. The quantitative estimate of drug-likeness (QED) is 0.199. The Bertz CT molecular complexity index is 1940. The van der Waals surface area contributed by atoms with E-state index in [1.54, 1.807) is 0 Å². The molecule has 6 heteroatoms. The Hall–Kier alpha value is -5.07. The van der Waals surface area contributed by atoms with Crippen molar-refractivity contribution in [2.45, 2.75) is 13.1 Å². The average Bonchev–Trinajstić information content (AvgIpc) is 3.62. The van der Waals surface area contributed by atoms with Gasteiger partial charge in [-0.05, 0) is 70.3 Å². The predicted octanol–water partition coefficient (Wildman–Crippen LogP) is 7.87. The van der Waals surface area contributed by atoms with Gasteiger partial charge in [0, 0.05) is 47.3 Å². The van der Waals surface area contributed by atoms with E-state index in [2.05, 4.69) is 92.2 Å². The molecule has 0 spiro atoms. The van der Waals surface area contributed by atoms with E-state index in [0.29, 0.717) is 0 Å². The van der Waals surface area contributed by atoms with Crippen molar-refractivity contribution < 1.29 is 4.39 Å². The molecule has 0 aliphatic heterocycles. The number of pyridine rings is 1. The minimum absolute atomic E-state index is 0.242. The van der Waals surface area contributed by atoms with Crippen LogP contribution in [0.15, 0.2) is 116 Å². The number of aromatic nitrogens is 4. The van der Waals surface area contributed by atoms with Crippen molar-refractivity contribution in [2.24, 2.45) is 0 Å². The Kier molecular flexibility index (Phi) is 6.15. The maximum atomic E-state index is 13.5. The van der Waals surface area contributed by atoms with Crippen LogP contribution < -0.4 is 5.32 Å². The molecule has 0 saturated carbocycles. The molecule has 3 N–H and O–H groups in total. The third-order valence-electron chi connectivity index (χ3n) is 7.27. The summed E-state index contributed by atoms with van der Waals surface area (Å²) in [6.07, 6.45) is 3.81. The zero-order valence-corrected chi connectivity index (χ0v) is 21.7. The minimum Gasteiger partial charge on any atom is -0.353 e. The molecular weight excluding hydrogens is 497 g/mol. The Balaban J connectivity index is 1.20. The van der Waals surface area contributed by atoms with Gasteiger partial charge in [0.15, 0.2) is 0 Å². The number of fused-ring (bicyclic) bond motifs is 2. The maximum absolute atomic E-state index is 13.5. The molecule has 3 aromatic heterocycles. The number of nitrogens with one attached hydrogen (secondary N) is 3. The molecule has 0 aliphatic carbocycles. The summed E-state index contributed by atoms with van der Waals surface area (Å²) in [5, 5.41) is 13.4. The number of halogens is 1. The summed E-state index contributed by atoms with van der Waals surface area (Å²) in [6.45, 7) is 1.54. The molecule has 0 saturated heterocycles. The van der Waals surface area contributed by atoms with Crippen LogP contribution in [-0.2, 0) is 13.1 Å². The van der Waals surface area contributed by atoms with E-state index in [9.17, 15) is 4.39 Å². The first-order chi connectivity index (χ1) is 19.7. The molecule has 0 atom stereocenters. The third-order valence-corrected chi connectivity index (χ3v) is 7.27. The Morgan fingerprint density at radius 2 is 1.48 bits per heavy atom. The molecule has 0 bridgehead atoms. The van der Waals surface area contributed by atoms with Gasteiger partial charge in [0.1, 0.15) is 11.5 Å². The normalized spacial score (nSPS) is 11.4. The van der Waals surface area contributed by atoms with Crippen molar-refractivity contribution in [2.75, 3.05) is 0 Å². The van der Waals surface area contributed by atoms with E-state index in [4.69, 9.17) is 0 Å². The molecule has 0 fully saturated rings. The molecule has 7 aromatic rings. The van der Waals surface area contributed by atoms with Crippen molar-refractivity contribution in [3.63, 3.8) is 0 Å². The van der Waals surface area contributed by atoms with Gasteiger partial charge in [-0.25, -0.2) is 4.39 Å². The molecule has 0 radical (unpaired) electrons. The van der Waals surface area contributed by atoms with Gasteiger partial charge in [0.2, 0.25) is 0 Å². The van der Waals surface area contributed by atoms with E-state index in [1.807, 2.05) is 36.7 Å². The molecular formula is C34H26FN5. The second-order valence-electron chi connectivity index (χ2n) is 9.96. The fourth-order valence-electron chi connectivity index (χ4n) is 5.25. The van der Waals surface area contributed by atoms with Crippen LogP contribution in [0.5, 0.6) is 0 Å². The molecule has 0 unspecified atom stereocenters. The zero-order valence-electron chi connectivity index (χ0n) is 21.7. The van der Waals surface area contributed by atoms with E-state index < -0.39 is 0 Å². The van der Waals surface area contributed by atoms with Gasteiger partial charge in [0.05, 0.1) is 11.2 Å². The van der Waals surface area contributed by atoms with Crippen molar-refractivity contribution in [3.05, 3.63) is 132 Å². The summed E-state index contributed by atoms with van der Waals surface area (Å²) in [5.74, 6) is -0.242. The summed E-state index contributed by atoms with van der Waals surface area (Å²) >= 11 is 0. The highest BCUT2D eigenvalue weighted by Crippen LogP contribution is 2.35. The molecule has 3 heterocycles. The lowest BCUT2D eigenvalue weighted by Crippen LogP contribution is -2.12. The second-order valence-corrected chi connectivity index (χ2v) is 9.96. The highest BCUT2D eigenvalue weighted by atomic mass is 19.1. The number of aromatic amines is 2. The van der Waals surface area contributed by atoms with Gasteiger partial charge in [0.25, 0.3) is 0 Å². The third kappa shape index (κ3) is 4.65. The second kappa shape index (κ2) is 10.2. The lowest BCUT2D eigenvalue weighted by molar-refractivity contribution is 0.628. The average molecular weight is 524 g/mol. The molecule has 5 nitrogen and oxygen atoms in total. The topological polar surface area (TPSA) is 69.4 Å². The number of rotatable bonds is 7. The van der Waals surface area contributed by atoms with Crippen LogP contribution in [0.4, 0.5) is 4.39 Å². The van der Waals surface area contributed by atoms with Crippen molar-refractivity contribution >= 4 is 21.8 Å². The monoisotopic (exact) mass is 523 g/mol. The summed E-state index contributed by atoms with van der Waals surface area (Å²) < 4.78 is 13.5. The predicted molar refractivity (Wildman–Crippen MR) is 159 cm³/mol. The molecule has 0 amide bonds. The SMILES string of the molecule is Fc1ccc(-c2cccc3[nH]c(-c4n[nH]c5ccc(-c6cncc(CNCc7ccccc7)c6)cc45)cc23)cc1. The lowest BCUT2D eigenvalue weighted by Gasteiger charge is -2.08. The van der Waals surface area contributed by atoms with Crippen molar-refractivity contribution in [1.29, 1.82) is 0 Å². The van der Waals surface area contributed by atoms with E-state index in [0.717, 1.165) is 74.1 Å². The Labute approximate surface area is 230 Å². The van der Waals surface area contributed by atoms with Crippen LogP contribution in [0.2, 0.25) is 0 Å². The smallest absolute Gasteiger partial charge is 0.123 e. The first-order valence-electron chi connectivity index (χ1n) is 13.3. The minimum atomic E-state index is -0.242. The zero-order chi connectivity index (χ0) is 26.9. The first-order valence-corrected chi connectivity index (χ1v) is 13.3. The fourth-order valence-corrected chi connectivity index (χ4v) is 5.25. The van der Waals surface area contributed by atoms with Crippen LogP contribution in [0.1, 0.15) is 11.1 Å². The molecule has 40 heavy (non-hydrogen) atoms. The first kappa shape index (κ1) is 24.0. The number of hydrogen-bond acceptors (Lipinski definition) is 3. The summed E-state index contributed by atoms with van der Waals surface area (Å²) in [5.41, 5.74) is 10.3. The van der Waals surface area contributed by atoms with Gasteiger partial charge in [-0.1, -0.05) is 60.7 Å². The number of benzene rings is 4. The van der Waals surface area contributed by atoms with Crippen LogP contribution in [0, 0.1) is 5.82 Å². The fraction of sp³-hybridized carbons (Fsp3) is 0.0588. The highest BCUT2D eigenvalue weighted by molar-refractivity contribution is 6.01. The van der Waals surface area contributed by atoms with Crippen LogP contribution in [0.3, 0.4) is 0 Å². The summed E-state index contributed by atoms with van der Waals surface area (Å²) in [6, 6.07) is 33.7. The van der Waals surface area contributed by atoms with Crippen LogP contribution >= 0.6 is 0 Å². The van der Waals surface area contributed by atoms with E-state index >= 15 is 0 Å². The highest BCUT2D eigenvalue weighted by Gasteiger charge is 2.14. The van der Waals surface area contributed by atoms with Crippen LogP contribution in [0.25, 0.3) is 55.4 Å². The van der Waals surface area contributed by atoms with Crippen LogP contribution in [-0.4, -0.2) is 20.2 Å².